The Hall–Kier alpha value is -0.0800. The second-order valence-corrected chi connectivity index (χ2v) is 4.24. The summed E-state index contributed by atoms with van der Waals surface area (Å²) in [4.78, 5) is 0. The molecule has 0 aromatic rings. The van der Waals surface area contributed by atoms with Gasteiger partial charge >= 0.3 is 0 Å². The van der Waals surface area contributed by atoms with Gasteiger partial charge < -0.3 is 10.4 Å². The van der Waals surface area contributed by atoms with Crippen LogP contribution < -0.4 is 5.32 Å². The molecule has 1 unspecified atom stereocenters. The van der Waals surface area contributed by atoms with Crippen molar-refractivity contribution in [3.63, 3.8) is 0 Å². The Morgan fingerprint density at radius 1 is 1.38 bits per heavy atom. The molecule has 1 rings (SSSR count). The molecule has 1 aliphatic rings. The van der Waals surface area contributed by atoms with Gasteiger partial charge in [-0.25, -0.2) is 0 Å². The average Bonchev–Trinajstić information content (AvgIpc) is 2.57. The Labute approximate surface area is 81.7 Å². The van der Waals surface area contributed by atoms with Crippen molar-refractivity contribution >= 4 is 0 Å². The largest absolute Gasteiger partial charge is 0.392 e. The van der Waals surface area contributed by atoms with Gasteiger partial charge in [-0.2, -0.15) is 0 Å². The van der Waals surface area contributed by atoms with Gasteiger partial charge in [-0.1, -0.05) is 32.6 Å². The van der Waals surface area contributed by atoms with Gasteiger partial charge in [-0.3, -0.25) is 0 Å². The van der Waals surface area contributed by atoms with Crippen LogP contribution in [0.25, 0.3) is 0 Å². The molecule has 0 heterocycles. The SMILES string of the molecule is CCCNCC(O)CC1CCCC1. The molecule has 1 saturated carbocycles. The normalized spacial score (nSPS) is 20.8. The number of nitrogens with one attached hydrogen (secondary N) is 1. The van der Waals surface area contributed by atoms with Gasteiger partial charge in [0.05, 0.1) is 6.10 Å². The topological polar surface area (TPSA) is 32.3 Å². The van der Waals surface area contributed by atoms with Crippen molar-refractivity contribution in [2.24, 2.45) is 5.92 Å². The molecule has 0 saturated heterocycles. The van der Waals surface area contributed by atoms with E-state index in [4.69, 9.17) is 0 Å². The second kappa shape index (κ2) is 6.39. The number of aliphatic hydroxyl groups excluding tert-OH is 1. The van der Waals surface area contributed by atoms with Crippen LogP contribution in [-0.2, 0) is 0 Å². The average molecular weight is 185 g/mol. The van der Waals surface area contributed by atoms with Crippen molar-refractivity contribution in [3.05, 3.63) is 0 Å². The predicted molar refractivity (Wildman–Crippen MR) is 55.7 cm³/mol. The molecule has 0 amide bonds. The number of hydrogen-bond acceptors (Lipinski definition) is 2. The van der Waals surface area contributed by atoms with Crippen molar-refractivity contribution < 1.29 is 5.11 Å². The van der Waals surface area contributed by atoms with Gasteiger partial charge in [-0.15, -0.1) is 0 Å². The molecular weight excluding hydrogens is 162 g/mol. The van der Waals surface area contributed by atoms with Crippen molar-refractivity contribution in [1.29, 1.82) is 0 Å². The van der Waals surface area contributed by atoms with Gasteiger partial charge in [0.1, 0.15) is 0 Å². The highest BCUT2D eigenvalue weighted by Crippen LogP contribution is 2.28. The Kier molecular flexibility index (Phi) is 5.40. The minimum Gasteiger partial charge on any atom is -0.392 e. The molecule has 78 valence electrons. The van der Waals surface area contributed by atoms with E-state index in [-0.39, 0.29) is 6.10 Å². The monoisotopic (exact) mass is 185 g/mol. The fourth-order valence-electron chi connectivity index (χ4n) is 2.16. The van der Waals surface area contributed by atoms with E-state index < -0.39 is 0 Å². The fraction of sp³-hybridized carbons (Fsp3) is 1.00. The summed E-state index contributed by atoms with van der Waals surface area (Å²) in [6.07, 6.45) is 7.47. The molecular formula is C11H23NO. The summed E-state index contributed by atoms with van der Waals surface area (Å²) in [7, 11) is 0. The first-order valence-corrected chi connectivity index (χ1v) is 5.71. The Morgan fingerprint density at radius 3 is 2.69 bits per heavy atom. The van der Waals surface area contributed by atoms with Crippen LogP contribution in [0.15, 0.2) is 0 Å². The number of rotatable bonds is 6. The molecule has 2 nitrogen and oxygen atoms in total. The van der Waals surface area contributed by atoms with E-state index in [0.29, 0.717) is 0 Å². The second-order valence-electron chi connectivity index (χ2n) is 4.24. The van der Waals surface area contributed by atoms with Crippen molar-refractivity contribution in [3.8, 4) is 0 Å². The minimum absolute atomic E-state index is 0.116. The molecule has 0 aromatic carbocycles. The zero-order chi connectivity index (χ0) is 9.52. The molecule has 1 aliphatic carbocycles. The van der Waals surface area contributed by atoms with Crippen LogP contribution >= 0.6 is 0 Å². The summed E-state index contributed by atoms with van der Waals surface area (Å²) in [6.45, 7) is 3.96. The van der Waals surface area contributed by atoms with Crippen molar-refractivity contribution in [2.75, 3.05) is 13.1 Å². The lowest BCUT2D eigenvalue weighted by Crippen LogP contribution is -2.28. The van der Waals surface area contributed by atoms with Crippen LogP contribution in [0, 0.1) is 5.92 Å². The molecule has 0 radical (unpaired) electrons. The van der Waals surface area contributed by atoms with E-state index in [0.717, 1.165) is 31.8 Å². The highest BCUT2D eigenvalue weighted by Gasteiger charge is 2.18. The first-order chi connectivity index (χ1) is 6.33. The first kappa shape index (κ1) is 11.0. The molecule has 0 aliphatic heterocycles. The predicted octanol–water partition coefficient (Wildman–Crippen LogP) is 1.93. The molecule has 1 fully saturated rings. The van der Waals surface area contributed by atoms with Gasteiger partial charge in [0.25, 0.3) is 0 Å². The molecule has 1 atom stereocenters. The van der Waals surface area contributed by atoms with Crippen LogP contribution in [0.1, 0.15) is 45.4 Å². The lowest BCUT2D eigenvalue weighted by atomic mass is 10.0. The third-order valence-corrected chi connectivity index (χ3v) is 2.89. The summed E-state index contributed by atoms with van der Waals surface area (Å²) in [5.74, 6) is 0.804. The summed E-state index contributed by atoms with van der Waals surface area (Å²) >= 11 is 0. The summed E-state index contributed by atoms with van der Waals surface area (Å²) in [6, 6.07) is 0. The fourth-order valence-corrected chi connectivity index (χ4v) is 2.16. The molecule has 0 bridgehead atoms. The highest BCUT2D eigenvalue weighted by atomic mass is 16.3. The molecule has 2 heteroatoms. The van der Waals surface area contributed by atoms with E-state index in [1.165, 1.54) is 25.7 Å². The van der Waals surface area contributed by atoms with E-state index >= 15 is 0 Å². The standard InChI is InChI=1S/C11H23NO/c1-2-7-12-9-11(13)8-10-5-3-4-6-10/h10-13H,2-9H2,1H3. The molecule has 2 N–H and O–H groups in total. The maximum absolute atomic E-state index is 9.67. The lowest BCUT2D eigenvalue weighted by molar-refractivity contribution is 0.141. The number of aliphatic hydroxyl groups is 1. The van der Waals surface area contributed by atoms with E-state index in [1.54, 1.807) is 0 Å². The van der Waals surface area contributed by atoms with Gasteiger partial charge in [0, 0.05) is 6.54 Å². The van der Waals surface area contributed by atoms with Crippen LogP contribution in [0.4, 0.5) is 0 Å². The van der Waals surface area contributed by atoms with E-state index in [9.17, 15) is 5.11 Å². The third-order valence-electron chi connectivity index (χ3n) is 2.89. The van der Waals surface area contributed by atoms with Gasteiger partial charge in [0.2, 0.25) is 0 Å². The minimum atomic E-state index is -0.116. The zero-order valence-corrected chi connectivity index (χ0v) is 8.76. The van der Waals surface area contributed by atoms with Crippen molar-refractivity contribution in [1.82, 2.24) is 5.32 Å². The lowest BCUT2D eigenvalue weighted by Gasteiger charge is -2.15. The van der Waals surface area contributed by atoms with Gasteiger partial charge in [-0.05, 0) is 25.3 Å². The van der Waals surface area contributed by atoms with Crippen molar-refractivity contribution in [2.45, 2.75) is 51.6 Å². The Balaban J connectivity index is 1.99. The maximum atomic E-state index is 9.67. The van der Waals surface area contributed by atoms with E-state index in [2.05, 4.69) is 12.2 Å². The smallest absolute Gasteiger partial charge is 0.0667 e. The van der Waals surface area contributed by atoms with E-state index in [1.807, 2.05) is 0 Å². The van der Waals surface area contributed by atoms with Gasteiger partial charge in [0.15, 0.2) is 0 Å². The summed E-state index contributed by atoms with van der Waals surface area (Å²) < 4.78 is 0. The molecule has 0 aromatic heterocycles. The summed E-state index contributed by atoms with van der Waals surface area (Å²) in [5, 5.41) is 12.9. The first-order valence-electron chi connectivity index (χ1n) is 5.71. The Bertz CT molecular complexity index is 121. The molecule has 13 heavy (non-hydrogen) atoms. The van der Waals surface area contributed by atoms with Crippen LogP contribution in [-0.4, -0.2) is 24.3 Å². The van der Waals surface area contributed by atoms with Crippen LogP contribution in [0.2, 0.25) is 0 Å². The molecule has 0 spiro atoms. The van der Waals surface area contributed by atoms with Crippen LogP contribution in [0.3, 0.4) is 0 Å². The third kappa shape index (κ3) is 4.63. The summed E-state index contributed by atoms with van der Waals surface area (Å²) in [5.41, 5.74) is 0. The van der Waals surface area contributed by atoms with Crippen LogP contribution in [0.5, 0.6) is 0 Å². The highest BCUT2D eigenvalue weighted by molar-refractivity contribution is 4.72. The quantitative estimate of drug-likeness (QED) is 0.620. The zero-order valence-electron chi connectivity index (χ0n) is 8.76. The number of hydrogen-bond donors (Lipinski definition) is 2. The maximum Gasteiger partial charge on any atom is 0.0667 e. The Morgan fingerprint density at radius 2 is 2.08 bits per heavy atom.